The number of hydrazine groups is 1. The molecule has 106 valence electrons. The summed E-state index contributed by atoms with van der Waals surface area (Å²) in [7, 11) is 0. The first kappa shape index (κ1) is 14.3. The van der Waals surface area contributed by atoms with Crippen LogP contribution in [0.4, 0.5) is 0 Å². The van der Waals surface area contributed by atoms with Gasteiger partial charge in [-0.25, -0.2) is 5.43 Å². The molecule has 2 rings (SSSR count). The fraction of sp³-hybridized carbons (Fsp3) is 0.600. The smallest absolute Gasteiger partial charge is 0.119 e. The third-order valence-electron chi connectivity index (χ3n) is 3.93. The minimum atomic E-state index is 0.112. The van der Waals surface area contributed by atoms with Crippen molar-refractivity contribution in [1.82, 2.24) is 10.9 Å². The molecule has 3 N–H and O–H groups in total. The quantitative estimate of drug-likeness (QED) is 0.761. The average molecular weight is 264 g/mol. The Balaban J connectivity index is 2.02. The van der Waals surface area contributed by atoms with E-state index in [2.05, 4.69) is 43.8 Å². The molecule has 1 aliphatic rings. The molecule has 1 heterocycles. The molecular weight excluding hydrogens is 240 g/mol. The van der Waals surface area contributed by atoms with Gasteiger partial charge in [0, 0.05) is 6.04 Å². The first-order valence-corrected chi connectivity index (χ1v) is 7.04. The van der Waals surface area contributed by atoms with Gasteiger partial charge in [0.1, 0.15) is 5.75 Å². The van der Waals surface area contributed by atoms with Crippen molar-refractivity contribution in [3.05, 3.63) is 29.8 Å². The van der Waals surface area contributed by atoms with E-state index in [9.17, 15) is 5.11 Å². The molecule has 4 nitrogen and oxygen atoms in total. The summed E-state index contributed by atoms with van der Waals surface area (Å²) in [5.74, 6) is 1.27. The lowest BCUT2D eigenvalue weighted by Crippen LogP contribution is -2.34. The van der Waals surface area contributed by atoms with Crippen LogP contribution in [0.1, 0.15) is 38.8 Å². The zero-order valence-corrected chi connectivity index (χ0v) is 11.9. The molecule has 0 saturated carbocycles. The maximum atomic E-state index is 9.25. The van der Waals surface area contributed by atoms with Crippen molar-refractivity contribution in [1.29, 1.82) is 0 Å². The highest BCUT2D eigenvalue weighted by atomic mass is 16.5. The second-order valence-electron chi connectivity index (χ2n) is 5.32. The van der Waals surface area contributed by atoms with E-state index in [4.69, 9.17) is 4.74 Å². The molecule has 4 unspecified atom stereocenters. The van der Waals surface area contributed by atoms with Gasteiger partial charge in [0.2, 0.25) is 0 Å². The molecule has 0 bridgehead atoms. The number of rotatable bonds is 5. The standard InChI is InChI=1S/C15H24N2O2/c1-4-10(2)19-13-7-5-12(6-8-13)15-11(3)14(9-18)16-17-15/h5-8,10-11,14-18H,4,9H2,1-3H3. The largest absolute Gasteiger partial charge is 0.491 e. The van der Waals surface area contributed by atoms with Crippen LogP contribution < -0.4 is 15.6 Å². The summed E-state index contributed by atoms with van der Waals surface area (Å²) in [5, 5.41) is 9.25. The van der Waals surface area contributed by atoms with Gasteiger partial charge in [-0.3, -0.25) is 5.43 Å². The third-order valence-corrected chi connectivity index (χ3v) is 3.93. The number of aliphatic hydroxyl groups is 1. The van der Waals surface area contributed by atoms with Crippen LogP contribution in [0.5, 0.6) is 5.75 Å². The van der Waals surface area contributed by atoms with E-state index in [1.807, 2.05) is 12.1 Å². The topological polar surface area (TPSA) is 53.5 Å². The Morgan fingerprint density at radius 2 is 1.95 bits per heavy atom. The summed E-state index contributed by atoms with van der Waals surface area (Å²) in [4.78, 5) is 0. The van der Waals surface area contributed by atoms with Crippen LogP contribution in [-0.2, 0) is 0 Å². The van der Waals surface area contributed by atoms with Crippen LogP contribution in [0.15, 0.2) is 24.3 Å². The number of benzene rings is 1. The number of nitrogens with one attached hydrogen (secondary N) is 2. The fourth-order valence-corrected chi connectivity index (χ4v) is 2.36. The lowest BCUT2D eigenvalue weighted by Gasteiger charge is -2.18. The summed E-state index contributed by atoms with van der Waals surface area (Å²) in [6.07, 6.45) is 1.25. The van der Waals surface area contributed by atoms with Gasteiger partial charge in [-0.15, -0.1) is 0 Å². The predicted molar refractivity (Wildman–Crippen MR) is 75.9 cm³/mol. The summed E-state index contributed by atoms with van der Waals surface area (Å²) < 4.78 is 5.77. The molecule has 0 amide bonds. The van der Waals surface area contributed by atoms with Crippen LogP contribution in [0.3, 0.4) is 0 Å². The Bertz CT molecular complexity index is 394. The molecule has 4 atom stereocenters. The Morgan fingerprint density at radius 3 is 2.47 bits per heavy atom. The predicted octanol–water partition coefficient (Wildman–Crippen LogP) is 2.01. The highest BCUT2D eigenvalue weighted by Crippen LogP contribution is 2.29. The first-order valence-electron chi connectivity index (χ1n) is 7.04. The zero-order chi connectivity index (χ0) is 13.8. The van der Waals surface area contributed by atoms with E-state index in [0.29, 0.717) is 5.92 Å². The molecule has 0 aliphatic carbocycles. The van der Waals surface area contributed by atoms with Crippen LogP contribution in [-0.4, -0.2) is 23.9 Å². The van der Waals surface area contributed by atoms with Crippen molar-refractivity contribution < 1.29 is 9.84 Å². The molecule has 19 heavy (non-hydrogen) atoms. The molecular formula is C15H24N2O2. The third kappa shape index (κ3) is 3.26. The van der Waals surface area contributed by atoms with Crippen molar-refractivity contribution in [3.8, 4) is 5.75 Å². The van der Waals surface area contributed by atoms with Crippen LogP contribution in [0, 0.1) is 5.92 Å². The minimum absolute atomic E-state index is 0.112. The average Bonchev–Trinajstić information content (AvgIpc) is 2.80. The number of hydrogen-bond donors (Lipinski definition) is 3. The molecule has 1 saturated heterocycles. The second kappa shape index (κ2) is 6.37. The number of hydrogen-bond acceptors (Lipinski definition) is 4. The van der Waals surface area contributed by atoms with Crippen molar-refractivity contribution in [3.63, 3.8) is 0 Å². The highest BCUT2D eigenvalue weighted by Gasteiger charge is 2.32. The maximum Gasteiger partial charge on any atom is 0.119 e. The Hall–Kier alpha value is -1.10. The molecule has 1 fully saturated rings. The summed E-state index contributed by atoms with van der Waals surface area (Å²) in [6, 6.07) is 8.56. The summed E-state index contributed by atoms with van der Waals surface area (Å²) in [5.41, 5.74) is 7.59. The number of ether oxygens (including phenoxy) is 1. The molecule has 1 aromatic rings. The lowest BCUT2D eigenvalue weighted by molar-refractivity contribution is 0.217. The van der Waals surface area contributed by atoms with Crippen molar-refractivity contribution in [2.45, 2.75) is 45.4 Å². The van der Waals surface area contributed by atoms with Gasteiger partial charge in [-0.2, -0.15) is 0 Å². The molecule has 0 radical (unpaired) electrons. The van der Waals surface area contributed by atoms with E-state index in [0.717, 1.165) is 12.2 Å². The van der Waals surface area contributed by atoms with E-state index >= 15 is 0 Å². The van der Waals surface area contributed by atoms with Crippen LogP contribution in [0.25, 0.3) is 0 Å². The maximum absolute atomic E-state index is 9.25. The van der Waals surface area contributed by atoms with Gasteiger partial charge in [0.25, 0.3) is 0 Å². The van der Waals surface area contributed by atoms with Gasteiger partial charge in [0.15, 0.2) is 0 Å². The summed E-state index contributed by atoms with van der Waals surface area (Å²) >= 11 is 0. The Kier molecular flexibility index (Phi) is 4.80. The van der Waals surface area contributed by atoms with Crippen molar-refractivity contribution in [2.24, 2.45) is 5.92 Å². The van der Waals surface area contributed by atoms with E-state index < -0.39 is 0 Å². The molecule has 4 heteroatoms. The SMILES string of the molecule is CCC(C)Oc1ccc(C2NNC(CO)C2C)cc1. The number of aliphatic hydroxyl groups excluding tert-OH is 1. The van der Waals surface area contributed by atoms with E-state index in [1.54, 1.807) is 0 Å². The monoisotopic (exact) mass is 264 g/mol. The van der Waals surface area contributed by atoms with E-state index in [1.165, 1.54) is 5.56 Å². The Morgan fingerprint density at radius 1 is 1.26 bits per heavy atom. The molecule has 1 aromatic carbocycles. The van der Waals surface area contributed by atoms with Crippen LogP contribution in [0.2, 0.25) is 0 Å². The normalized spacial score (nSPS) is 28.3. The second-order valence-corrected chi connectivity index (χ2v) is 5.32. The molecule has 0 aromatic heterocycles. The zero-order valence-electron chi connectivity index (χ0n) is 11.9. The Labute approximate surface area is 115 Å². The van der Waals surface area contributed by atoms with Crippen molar-refractivity contribution in [2.75, 3.05) is 6.61 Å². The van der Waals surface area contributed by atoms with Gasteiger partial charge in [-0.1, -0.05) is 26.0 Å². The lowest BCUT2D eigenvalue weighted by atomic mass is 9.91. The highest BCUT2D eigenvalue weighted by molar-refractivity contribution is 5.30. The van der Waals surface area contributed by atoms with Crippen molar-refractivity contribution >= 4 is 0 Å². The van der Waals surface area contributed by atoms with Gasteiger partial charge < -0.3 is 9.84 Å². The summed E-state index contributed by atoms with van der Waals surface area (Å²) in [6.45, 7) is 6.48. The van der Waals surface area contributed by atoms with Gasteiger partial charge in [-0.05, 0) is 37.0 Å². The van der Waals surface area contributed by atoms with E-state index in [-0.39, 0.29) is 24.8 Å². The van der Waals surface area contributed by atoms with Gasteiger partial charge in [0.05, 0.1) is 18.8 Å². The van der Waals surface area contributed by atoms with Gasteiger partial charge >= 0.3 is 0 Å². The fourth-order valence-electron chi connectivity index (χ4n) is 2.36. The molecule has 1 aliphatic heterocycles. The first-order chi connectivity index (χ1) is 9.15. The molecule has 0 spiro atoms. The van der Waals surface area contributed by atoms with Crippen LogP contribution >= 0.6 is 0 Å². The minimum Gasteiger partial charge on any atom is -0.491 e.